The fourth-order valence-electron chi connectivity index (χ4n) is 5.44. The van der Waals surface area contributed by atoms with Crippen LogP contribution in [0.15, 0.2) is 46.8 Å². The second-order valence-electron chi connectivity index (χ2n) is 10.3. The van der Waals surface area contributed by atoms with Crippen molar-refractivity contribution in [3.05, 3.63) is 57.1 Å². The molecule has 218 valence electrons. The first kappa shape index (κ1) is 30.4. The van der Waals surface area contributed by atoms with Crippen LogP contribution in [-0.4, -0.2) is 70.5 Å². The third-order valence-corrected chi connectivity index (χ3v) is 8.33. The van der Waals surface area contributed by atoms with E-state index in [9.17, 15) is 24.9 Å². The zero-order valence-electron chi connectivity index (χ0n) is 22.6. The van der Waals surface area contributed by atoms with Crippen LogP contribution in [0.5, 0.6) is 11.5 Å². The van der Waals surface area contributed by atoms with Crippen LogP contribution in [0.1, 0.15) is 49.7 Å². The highest BCUT2D eigenvalue weighted by molar-refractivity contribution is 14.1. The van der Waals surface area contributed by atoms with Crippen LogP contribution in [0.4, 0.5) is 0 Å². The molecule has 1 saturated carbocycles. The number of carbonyl (C=O) groups is 2. The van der Waals surface area contributed by atoms with Crippen molar-refractivity contribution in [3.63, 3.8) is 0 Å². The van der Waals surface area contributed by atoms with Crippen molar-refractivity contribution in [2.24, 2.45) is 5.92 Å². The molecule has 2 amide bonds. The van der Waals surface area contributed by atoms with Crippen molar-refractivity contribution in [1.82, 2.24) is 10.2 Å². The number of ether oxygens (including phenoxy) is 2. The normalized spacial score (nSPS) is 21.1. The van der Waals surface area contributed by atoms with Crippen LogP contribution < -0.4 is 14.8 Å². The van der Waals surface area contributed by atoms with Gasteiger partial charge < -0.3 is 39.4 Å². The summed E-state index contributed by atoms with van der Waals surface area (Å²) in [4.78, 5) is 28.5. The van der Waals surface area contributed by atoms with Gasteiger partial charge in [0.15, 0.2) is 11.5 Å². The summed E-state index contributed by atoms with van der Waals surface area (Å²) in [7, 11) is 1.48. The molecular weight excluding hydrogens is 631 g/mol. The summed E-state index contributed by atoms with van der Waals surface area (Å²) in [6, 6.07) is 4.42. The Balaban J connectivity index is 1.68. The predicted molar refractivity (Wildman–Crippen MR) is 154 cm³/mol. The van der Waals surface area contributed by atoms with E-state index in [1.165, 1.54) is 13.4 Å². The Bertz CT molecular complexity index is 1180. The van der Waals surface area contributed by atoms with Crippen LogP contribution in [0, 0.1) is 9.49 Å². The summed E-state index contributed by atoms with van der Waals surface area (Å²) < 4.78 is 17.7. The molecule has 1 heterocycles. The number of benzene rings is 1. The Hall–Kier alpha value is -2.61. The first-order valence-corrected chi connectivity index (χ1v) is 14.6. The van der Waals surface area contributed by atoms with E-state index in [4.69, 9.17) is 13.9 Å². The van der Waals surface area contributed by atoms with Crippen LogP contribution in [-0.2, 0) is 22.7 Å². The molecule has 2 aliphatic rings. The molecule has 0 aliphatic heterocycles. The number of methoxy groups -OCH3 is 1. The first-order valence-electron chi connectivity index (χ1n) is 13.6. The highest BCUT2D eigenvalue weighted by Crippen LogP contribution is 2.38. The van der Waals surface area contributed by atoms with Gasteiger partial charge in [0.1, 0.15) is 12.2 Å². The lowest BCUT2D eigenvalue weighted by atomic mass is 9.87. The fourth-order valence-corrected chi connectivity index (χ4v) is 6.24. The molecule has 4 N–H and O–H groups in total. The standard InChI is InChI=1S/C29H37IN2O8/c1-38-25-11-20(16-34)10-22(30)28(25)40-24-14-21(29(37)31-7-8-33)13-23(27(24)36)32(15-19-6-9-39-17-19)26(35)12-18-4-2-3-5-18/h6,9-11,14,17-18,23-24,27,33-34,36H,2-5,7-8,12-13,15-16H2,1H3,(H,31,37). The average Bonchev–Trinajstić information content (AvgIpc) is 3.67. The summed E-state index contributed by atoms with van der Waals surface area (Å²) >= 11 is 2.07. The number of aliphatic hydroxyl groups excluding tert-OH is 3. The molecule has 2 aromatic rings. The topological polar surface area (TPSA) is 142 Å². The first-order chi connectivity index (χ1) is 19.3. The van der Waals surface area contributed by atoms with Crippen LogP contribution in [0.2, 0.25) is 0 Å². The van der Waals surface area contributed by atoms with E-state index in [0.29, 0.717) is 38.5 Å². The van der Waals surface area contributed by atoms with E-state index < -0.39 is 24.2 Å². The molecule has 40 heavy (non-hydrogen) atoms. The van der Waals surface area contributed by atoms with Gasteiger partial charge in [-0.2, -0.15) is 0 Å². The van der Waals surface area contributed by atoms with Gasteiger partial charge in [0.2, 0.25) is 11.8 Å². The molecule has 11 heteroatoms. The quantitative estimate of drug-likeness (QED) is 0.253. The third-order valence-electron chi connectivity index (χ3n) is 7.53. The number of nitrogens with one attached hydrogen (secondary N) is 1. The van der Waals surface area contributed by atoms with Crippen molar-refractivity contribution in [3.8, 4) is 11.5 Å². The Morgan fingerprint density at radius 3 is 2.62 bits per heavy atom. The molecule has 1 aromatic carbocycles. The molecule has 0 spiro atoms. The van der Waals surface area contributed by atoms with E-state index >= 15 is 0 Å². The van der Waals surface area contributed by atoms with Crippen molar-refractivity contribution < 1.29 is 38.8 Å². The number of amides is 2. The van der Waals surface area contributed by atoms with E-state index in [1.807, 2.05) is 0 Å². The molecule has 2 aliphatic carbocycles. The minimum Gasteiger partial charge on any atom is -0.493 e. The van der Waals surface area contributed by atoms with Gasteiger partial charge in [0, 0.05) is 37.1 Å². The Morgan fingerprint density at radius 2 is 1.98 bits per heavy atom. The molecular formula is C29H37IN2O8. The molecule has 0 saturated heterocycles. The number of carbonyl (C=O) groups excluding carboxylic acids is 2. The number of halogens is 1. The van der Waals surface area contributed by atoms with Gasteiger partial charge in [0.25, 0.3) is 0 Å². The molecule has 4 rings (SSSR count). The molecule has 3 atom stereocenters. The van der Waals surface area contributed by atoms with Crippen molar-refractivity contribution >= 4 is 34.4 Å². The van der Waals surface area contributed by atoms with Gasteiger partial charge >= 0.3 is 0 Å². The lowest BCUT2D eigenvalue weighted by Gasteiger charge is -2.41. The molecule has 1 fully saturated rings. The molecule has 0 radical (unpaired) electrons. The highest BCUT2D eigenvalue weighted by Gasteiger charge is 2.41. The fraction of sp³-hybridized carbons (Fsp3) is 0.517. The second-order valence-corrected chi connectivity index (χ2v) is 11.5. The maximum absolute atomic E-state index is 13.8. The zero-order chi connectivity index (χ0) is 28.6. The molecule has 0 bridgehead atoms. The second kappa shape index (κ2) is 14.3. The van der Waals surface area contributed by atoms with Crippen LogP contribution >= 0.6 is 22.6 Å². The summed E-state index contributed by atoms with van der Waals surface area (Å²) in [5.74, 6) is 0.536. The lowest BCUT2D eigenvalue weighted by Crippen LogP contribution is -2.55. The van der Waals surface area contributed by atoms with Gasteiger partial charge in [-0.15, -0.1) is 0 Å². The van der Waals surface area contributed by atoms with Gasteiger partial charge in [-0.25, -0.2) is 0 Å². The summed E-state index contributed by atoms with van der Waals surface area (Å²) in [6.07, 6.45) is 7.23. The minimum atomic E-state index is -1.16. The summed E-state index contributed by atoms with van der Waals surface area (Å²) in [6.45, 7) is -0.108. The Kier molecular flexibility index (Phi) is 10.9. The van der Waals surface area contributed by atoms with Gasteiger partial charge in [0.05, 0.1) is 42.5 Å². The largest absolute Gasteiger partial charge is 0.493 e. The van der Waals surface area contributed by atoms with Crippen molar-refractivity contribution in [2.45, 2.75) is 69.9 Å². The predicted octanol–water partition coefficient (Wildman–Crippen LogP) is 2.91. The molecule has 3 unspecified atom stereocenters. The minimum absolute atomic E-state index is 0.0720. The summed E-state index contributed by atoms with van der Waals surface area (Å²) in [5, 5.41) is 33.2. The maximum Gasteiger partial charge on any atom is 0.247 e. The Labute approximate surface area is 247 Å². The van der Waals surface area contributed by atoms with Gasteiger partial charge in [-0.3, -0.25) is 9.59 Å². The van der Waals surface area contributed by atoms with E-state index in [0.717, 1.165) is 31.2 Å². The number of furan rings is 1. The van der Waals surface area contributed by atoms with Crippen LogP contribution in [0.25, 0.3) is 0 Å². The average molecular weight is 669 g/mol. The monoisotopic (exact) mass is 668 g/mol. The highest BCUT2D eigenvalue weighted by atomic mass is 127. The van der Waals surface area contributed by atoms with E-state index in [2.05, 4.69) is 27.9 Å². The third kappa shape index (κ3) is 7.36. The van der Waals surface area contributed by atoms with Gasteiger partial charge in [-0.05, 0) is 71.2 Å². The lowest BCUT2D eigenvalue weighted by molar-refractivity contribution is -0.140. The van der Waals surface area contributed by atoms with Gasteiger partial charge in [-0.1, -0.05) is 12.8 Å². The number of rotatable bonds is 12. The van der Waals surface area contributed by atoms with E-state index in [-0.39, 0.29) is 38.6 Å². The van der Waals surface area contributed by atoms with E-state index in [1.54, 1.807) is 35.4 Å². The number of hydrogen-bond acceptors (Lipinski definition) is 8. The number of nitrogens with zero attached hydrogens (tertiary/aromatic N) is 1. The Morgan fingerprint density at radius 1 is 1.20 bits per heavy atom. The molecule has 10 nitrogen and oxygen atoms in total. The maximum atomic E-state index is 13.8. The van der Waals surface area contributed by atoms with Crippen LogP contribution in [0.3, 0.4) is 0 Å². The zero-order valence-corrected chi connectivity index (χ0v) is 24.7. The SMILES string of the molecule is COc1cc(CO)cc(I)c1OC1C=C(C(=O)NCCO)CC(N(Cc2ccoc2)C(=O)CC2CCCC2)C1O. The number of aliphatic hydroxyl groups is 3. The van der Waals surface area contributed by atoms with Crippen molar-refractivity contribution in [2.75, 3.05) is 20.3 Å². The summed E-state index contributed by atoms with van der Waals surface area (Å²) in [5.41, 5.74) is 1.76. The number of hydrogen-bond donors (Lipinski definition) is 4. The molecule has 1 aromatic heterocycles. The van der Waals surface area contributed by atoms with Crippen molar-refractivity contribution in [1.29, 1.82) is 0 Å². The smallest absolute Gasteiger partial charge is 0.247 e.